The molecule has 0 aliphatic heterocycles. The lowest BCUT2D eigenvalue weighted by Crippen LogP contribution is -2.18. The maximum atomic E-state index is 11.3. The molecule has 1 rings (SSSR count). The molecule has 0 saturated carbocycles. The predicted octanol–water partition coefficient (Wildman–Crippen LogP) is 1.70. The molecule has 0 aromatic heterocycles. The molecule has 4 heteroatoms. The van der Waals surface area contributed by atoms with E-state index in [9.17, 15) is 4.79 Å². The van der Waals surface area contributed by atoms with Gasteiger partial charge in [0, 0.05) is 5.69 Å². The monoisotopic (exact) mass is 216 g/mol. The summed E-state index contributed by atoms with van der Waals surface area (Å²) in [6.07, 6.45) is 1.57. The number of benzene rings is 1. The van der Waals surface area contributed by atoms with Crippen LogP contribution in [0.5, 0.6) is 0 Å². The highest BCUT2D eigenvalue weighted by molar-refractivity contribution is 5.91. The topological polar surface area (TPSA) is 62.1 Å². The Bertz CT molecular complexity index is 421. The van der Waals surface area contributed by atoms with Crippen LogP contribution in [-0.2, 0) is 9.53 Å². The summed E-state index contributed by atoms with van der Waals surface area (Å²) in [7, 11) is 0. The number of rotatable bonds is 5. The molecule has 1 amide bonds. The number of hydrogen-bond acceptors (Lipinski definition) is 3. The molecular formula is C12H12N2O2. The third-order valence-corrected chi connectivity index (χ3v) is 1.74. The fourth-order valence-corrected chi connectivity index (χ4v) is 1.10. The van der Waals surface area contributed by atoms with Crippen molar-refractivity contribution in [1.82, 2.24) is 0 Å². The van der Waals surface area contributed by atoms with Crippen molar-refractivity contribution in [3.63, 3.8) is 0 Å². The Morgan fingerprint density at radius 1 is 1.62 bits per heavy atom. The molecule has 0 bridgehead atoms. The van der Waals surface area contributed by atoms with Gasteiger partial charge in [0.25, 0.3) is 0 Å². The largest absolute Gasteiger partial charge is 0.368 e. The van der Waals surface area contributed by atoms with Crippen LogP contribution in [-0.4, -0.2) is 19.1 Å². The highest BCUT2D eigenvalue weighted by Crippen LogP contribution is 2.09. The van der Waals surface area contributed by atoms with Gasteiger partial charge in [0.1, 0.15) is 6.61 Å². The number of hydrogen-bond donors (Lipinski definition) is 1. The minimum absolute atomic E-state index is 0.0250. The Kier molecular flexibility index (Phi) is 4.77. The van der Waals surface area contributed by atoms with Gasteiger partial charge in [-0.3, -0.25) is 4.79 Å². The van der Waals surface area contributed by atoms with Gasteiger partial charge in [0.15, 0.2) is 0 Å². The second kappa shape index (κ2) is 6.38. The Morgan fingerprint density at radius 2 is 2.44 bits per heavy atom. The number of carbonyl (C=O) groups is 1. The van der Waals surface area contributed by atoms with Crippen LogP contribution < -0.4 is 5.32 Å². The van der Waals surface area contributed by atoms with Crippen molar-refractivity contribution >= 4 is 11.6 Å². The third-order valence-electron chi connectivity index (χ3n) is 1.74. The van der Waals surface area contributed by atoms with E-state index < -0.39 is 0 Å². The number of nitriles is 1. The molecule has 0 atom stereocenters. The smallest absolute Gasteiger partial charge is 0.250 e. The van der Waals surface area contributed by atoms with Crippen molar-refractivity contribution < 1.29 is 9.53 Å². The second-order valence-corrected chi connectivity index (χ2v) is 3.04. The Balaban J connectivity index is 2.49. The number of carbonyl (C=O) groups excluding carboxylic acids is 1. The van der Waals surface area contributed by atoms with Crippen molar-refractivity contribution in [2.24, 2.45) is 0 Å². The molecule has 4 nitrogen and oxygen atoms in total. The van der Waals surface area contributed by atoms with Crippen LogP contribution in [0.4, 0.5) is 5.69 Å². The molecule has 16 heavy (non-hydrogen) atoms. The van der Waals surface area contributed by atoms with Crippen molar-refractivity contribution in [2.75, 3.05) is 18.5 Å². The summed E-state index contributed by atoms with van der Waals surface area (Å²) >= 11 is 0. The minimum Gasteiger partial charge on any atom is -0.368 e. The van der Waals surface area contributed by atoms with Crippen LogP contribution in [0.15, 0.2) is 36.9 Å². The highest BCUT2D eigenvalue weighted by Gasteiger charge is 2.02. The standard InChI is InChI=1S/C12H12N2O2/c1-2-6-16-9-12(15)14-11-5-3-4-10(7-11)8-13/h2-5,7H,1,6,9H2,(H,14,15). The molecule has 0 heterocycles. The summed E-state index contributed by atoms with van der Waals surface area (Å²) in [5.41, 5.74) is 1.09. The van der Waals surface area contributed by atoms with Crippen molar-refractivity contribution in [3.05, 3.63) is 42.5 Å². The summed E-state index contributed by atoms with van der Waals surface area (Å²) in [5, 5.41) is 11.3. The lowest BCUT2D eigenvalue weighted by atomic mass is 10.2. The van der Waals surface area contributed by atoms with Gasteiger partial charge in [-0.15, -0.1) is 6.58 Å². The Labute approximate surface area is 94.1 Å². The van der Waals surface area contributed by atoms with E-state index in [-0.39, 0.29) is 12.5 Å². The zero-order chi connectivity index (χ0) is 11.8. The molecule has 0 aliphatic carbocycles. The van der Waals surface area contributed by atoms with E-state index in [0.29, 0.717) is 17.9 Å². The maximum absolute atomic E-state index is 11.3. The Morgan fingerprint density at radius 3 is 3.12 bits per heavy atom. The van der Waals surface area contributed by atoms with Gasteiger partial charge < -0.3 is 10.1 Å². The van der Waals surface area contributed by atoms with Crippen LogP contribution >= 0.6 is 0 Å². The van der Waals surface area contributed by atoms with E-state index in [0.717, 1.165) is 0 Å². The molecule has 1 aromatic carbocycles. The second-order valence-electron chi connectivity index (χ2n) is 3.04. The van der Waals surface area contributed by atoms with Crippen molar-refractivity contribution in [2.45, 2.75) is 0 Å². The van der Waals surface area contributed by atoms with Gasteiger partial charge in [-0.2, -0.15) is 5.26 Å². The minimum atomic E-state index is -0.253. The van der Waals surface area contributed by atoms with Gasteiger partial charge in [0.05, 0.1) is 18.2 Å². The zero-order valence-corrected chi connectivity index (χ0v) is 8.77. The fraction of sp³-hybridized carbons (Fsp3) is 0.167. The van der Waals surface area contributed by atoms with Crippen LogP contribution in [0.25, 0.3) is 0 Å². The molecule has 1 N–H and O–H groups in total. The van der Waals surface area contributed by atoms with E-state index in [1.807, 2.05) is 6.07 Å². The molecule has 0 radical (unpaired) electrons. The number of nitrogens with one attached hydrogen (secondary N) is 1. The summed E-state index contributed by atoms with van der Waals surface area (Å²) in [5.74, 6) is -0.253. The van der Waals surface area contributed by atoms with Crippen LogP contribution in [0.2, 0.25) is 0 Å². The van der Waals surface area contributed by atoms with E-state index in [1.54, 1.807) is 30.3 Å². The van der Waals surface area contributed by atoms with E-state index in [4.69, 9.17) is 10.00 Å². The quantitative estimate of drug-likeness (QED) is 0.602. The summed E-state index contributed by atoms with van der Waals surface area (Å²) in [6, 6.07) is 8.69. The first-order valence-corrected chi connectivity index (χ1v) is 4.75. The lowest BCUT2D eigenvalue weighted by molar-refractivity contribution is -0.120. The number of amides is 1. The number of anilines is 1. The summed E-state index contributed by atoms with van der Waals surface area (Å²) < 4.78 is 4.98. The molecule has 0 unspecified atom stereocenters. The van der Waals surface area contributed by atoms with Crippen LogP contribution in [0.1, 0.15) is 5.56 Å². The zero-order valence-electron chi connectivity index (χ0n) is 8.77. The molecule has 0 fully saturated rings. The first-order valence-electron chi connectivity index (χ1n) is 4.75. The van der Waals surface area contributed by atoms with E-state index in [2.05, 4.69) is 11.9 Å². The summed E-state index contributed by atoms with van der Waals surface area (Å²) in [6.45, 7) is 3.79. The van der Waals surface area contributed by atoms with Crippen molar-refractivity contribution in [1.29, 1.82) is 5.26 Å². The van der Waals surface area contributed by atoms with Gasteiger partial charge in [0.2, 0.25) is 5.91 Å². The van der Waals surface area contributed by atoms with Crippen LogP contribution in [0.3, 0.4) is 0 Å². The first kappa shape index (κ1) is 12.0. The number of nitrogens with zero attached hydrogens (tertiary/aromatic N) is 1. The molecular weight excluding hydrogens is 204 g/mol. The van der Waals surface area contributed by atoms with Gasteiger partial charge >= 0.3 is 0 Å². The normalized spacial score (nSPS) is 9.19. The SMILES string of the molecule is C=CCOCC(=O)Nc1cccc(C#N)c1. The molecule has 0 aliphatic rings. The van der Waals surface area contributed by atoms with Crippen molar-refractivity contribution in [3.8, 4) is 6.07 Å². The molecule has 82 valence electrons. The average Bonchev–Trinajstić information content (AvgIpc) is 2.29. The van der Waals surface area contributed by atoms with E-state index in [1.165, 1.54) is 0 Å². The molecule has 0 spiro atoms. The predicted molar refractivity (Wildman–Crippen MR) is 60.8 cm³/mol. The maximum Gasteiger partial charge on any atom is 0.250 e. The lowest BCUT2D eigenvalue weighted by Gasteiger charge is -2.05. The van der Waals surface area contributed by atoms with Gasteiger partial charge in [-0.1, -0.05) is 12.1 Å². The molecule has 0 saturated heterocycles. The Hall–Kier alpha value is -2.12. The third kappa shape index (κ3) is 3.95. The van der Waals surface area contributed by atoms with Gasteiger partial charge in [-0.05, 0) is 18.2 Å². The van der Waals surface area contributed by atoms with Gasteiger partial charge in [-0.25, -0.2) is 0 Å². The highest BCUT2D eigenvalue weighted by atomic mass is 16.5. The van der Waals surface area contributed by atoms with E-state index >= 15 is 0 Å². The van der Waals surface area contributed by atoms with Crippen LogP contribution in [0, 0.1) is 11.3 Å². The first-order chi connectivity index (χ1) is 7.76. The fourth-order valence-electron chi connectivity index (χ4n) is 1.10. The summed E-state index contributed by atoms with van der Waals surface area (Å²) in [4.78, 5) is 11.3. The number of ether oxygens (including phenoxy) is 1. The average molecular weight is 216 g/mol. The molecule has 1 aromatic rings.